The van der Waals surface area contributed by atoms with Crippen LogP contribution in [-0.2, 0) is 4.79 Å². The minimum Gasteiger partial charge on any atom is -0.459 e. The molecule has 1 aromatic carbocycles. The number of nitrogens with zero attached hydrogens (tertiary/aromatic N) is 1. The van der Waals surface area contributed by atoms with E-state index in [2.05, 4.69) is 5.32 Å². The number of rotatable bonds is 5. The predicted molar refractivity (Wildman–Crippen MR) is 94.9 cm³/mol. The maximum Gasteiger partial charge on any atom is 0.224 e. The van der Waals surface area contributed by atoms with Crippen LogP contribution in [0.1, 0.15) is 44.9 Å². The number of amides is 1. The predicted octanol–water partition coefficient (Wildman–Crippen LogP) is 3.91. The van der Waals surface area contributed by atoms with E-state index in [1.807, 2.05) is 49.1 Å². The normalized spacial score (nSPS) is 18.6. The molecule has 1 saturated heterocycles. The number of fused-ring (bicyclic) bond motifs is 1. The summed E-state index contributed by atoms with van der Waals surface area (Å²) in [6, 6.07) is 10.3. The molecule has 0 bridgehead atoms. The van der Waals surface area contributed by atoms with Crippen LogP contribution in [0.3, 0.4) is 0 Å². The topological polar surface area (TPSA) is 45.5 Å². The van der Waals surface area contributed by atoms with Crippen LogP contribution in [-0.4, -0.2) is 29.9 Å². The smallest absolute Gasteiger partial charge is 0.224 e. The van der Waals surface area contributed by atoms with Gasteiger partial charge in [-0.2, -0.15) is 0 Å². The fourth-order valence-corrected chi connectivity index (χ4v) is 3.29. The molecule has 1 aliphatic heterocycles. The molecule has 3 rings (SSSR count). The number of benzene rings is 1. The van der Waals surface area contributed by atoms with Crippen molar-refractivity contribution in [3.05, 3.63) is 36.1 Å². The highest BCUT2D eigenvalue weighted by atomic mass is 35.5. The largest absolute Gasteiger partial charge is 0.459 e. The summed E-state index contributed by atoms with van der Waals surface area (Å²) >= 11 is 0. The molecule has 23 heavy (non-hydrogen) atoms. The molecule has 2 heterocycles. The molecule has 5 heteroatoms. The van der Waals surface area contributed by atoms with Crippen LogP contribution in [0.2, 0.25) is 0 Å². The molecule has 1 fully saturated rings. The van der Waals surface area contributed by atoms with E-state index in [9.17, 15) is 4.79 Å². The van der Waals surface area contributed by atoms with Crippen LogP contribution in [0.25, 0.3) is 11.0 Å². The second-order valence-corrected chi connectivity index (χ2v) is 6.04. The van der Waals surface area contributed by atoms with Crippen LogP contribution in [0.15, 0.2) is 34.7 Å². The molecular weight excluding hydrogens is 312 g/mol. The lowest BCUT2D eigenvalue weighted by atomic mass is 10.1. The van der Waals surface area contributed by atoms with Crippen LogP contribution in [0.4, 0.5) is 0 Å². The number of hydrogen-bond acceptors (Lipinski definition) is 3. The second kappa shape index (κ2) is 7.84. The third kappa shape index (κ3) is 3.88. The van der Waals surface area contributed by atoms with Gasteiger partial charge in [0.05, 0.1) is 6.04 Å². The number of hydrogen-bond donors (Lipinski definition) is 1. The summed E-state index contributed by atoms with van der Waals surface area (Å²) in [5.41, 5.74) is 0.880. The van der Waals surface area contributed by atoms with Crippen molar-refractivity contribution in [2.24, 2.45) is 0 Å². The average Bonchev–Trinajstić information content (AvgIpc) is 3.16. The van der Waals surface area contributed by atoms with E-state index in [0.717, 1.165) is 29.7 Å². The van der Waals surface area contributed by atoms with E-state index < -0.39 is 0 Å². The minimum absolute atomic E-state index is 0. The molecule has 2 unspecified atom stereocenters. The van der Waals surface area contributed by atoms with Gasteiger partial charge in [-0.3, -0.25) is 4.79 Å². The standard InChI is InChI=1S/C18H24N2O2.ClH/c1-3-20(18(21)12-15-8-6-10-19-15)13(2)17-11-14-7-4-5-9-16(14)22-17;/h4-5,7,9,11,13,15,19H,3,6,8,10,12H2,1-2H3;1H. The first kappa shape index (κ1) is 17.8. The molecule has 0 saturated carbocycles. The van der Waals surface area contributed by atoms with E-state index in [4.69, 9.17) is 4.42 Å². The fourth-order valence-electron chi connectivity index (χ4n) is 3.29. The molecular formula is C18H25ClN2O2. The zero-order chi connectivity index (χ0) is 15.5. The summed E-state index contributed by atoms with van der Waals surface area (Å²) in [5.74, 6) is 1.06. The summed E-state index contributed by atoms with van der Waals surface area (Å²) in [4.78, 5) is 14.5. The van der Waals surface area contributed by atoms with Crippen LogP contribution in [0.5, 0.6) is 0 Å². The average molecular weight is 337 g/mol. The Morgan fingerprint density at radius 3 is 2.87 bits per heavy atom. The van der Waals surface area contributed by atoms with E-state index in [0.29, 0.717) is 19.0 Å². The van der Waals surface area contributed by atoms with Gasteiger partial charge in [-0.1, -0.05) is 18.2 Å². The second-order valence-electron chi connectivity index (χ2n) is 6.04. The van der Waals surface area contributed by atoms with Gasteiger partial charge in [0.1, 0.15) is 11.3 Å². The Labute approximate surface area is 143 Å². The van der Waals surface area contributed by atoms with Gasteiger partial charge < -0.3 is 14.6 Å². The van der Waals surface area contributed by atoms with Gasteiger partial charge in [0.25, 0.3) is 0 Å². The highest BCUT2D eigenvalue weighted by Crippen LogP contribution is 2.28. The summed E-state index contributed by atoms with van der Waals surface area (Å²) in [6.45, 7) is 5.80. The van der Waals surface area contributed by atoms with Gasteiger partial charge in [0.15, 0.2) is 0 Å². The van der Waals surface area contributed by atoms with E-state index >= 15 is 0 Å². The molecule has 1 aromatic heterocycles. The van der Waals surface area contributed by atoms with Crippen LogP contribution in [0, 0.1) is 0 Å². The first-order chi connectivity index (χ1) is 10.7. The third-order valence-corrected chi connectivity index (χ3v) is 4.57. The van der Waals surface area contributed by atoms with Gasteiger partial charge in [0, 0.05) is 24.4 Å². The maximum absolute atomic E-state index is 12.6. The highest BCUT2D eigenvalue weighted by Gasteiger charge is 2.26. The molecule has 1 N–H and O–H groups in total. The maximum atomic E-state index is 12.6. The highest BCUT2D eigenvalue weighted by molar-refractivity contribution is 5.85. The van der Waals surface area contributed by atoms with Crippen molar-refractivity contribution in [1.82, 2.24) is 10.2 Å². The van der Waals surface area contributed by atoms with Crippen molar-refractivity contribution in [1.29, 1.82) is 0 Å². The Bertz CT molecular complexity index is 616. The molecule has 2 atom stereocenters. The third-order valence-electron chi connectivity index (χ3n) is 4.57. The summed E-state index contributed by atoms with van der Waals surface area (Å²) in [5, 5.41) is 4.48. The number of para-hydroxylation sites is 1. The van der Waals surface area contributed by atoms with Gasteiger partial charge in [-0.25, -0.2) is 0 Å². The van der Waals surface area contributed by atoms with Crippen LogP contribution >= 0.6 is 12.4 Å². The zero-order valence-corrected chi connectivity index (χ0v) is 14.6. The lowest BCUT2D eigenvalue weighted by Gasteiger charge is -2.27. The van der Waals surface area contributed by atoms with Crippen molar-refractivity contribution in [3.8, 4) is 0 Å². The van der Waals surface area contributed by atoms with Crippen molar-refractivity contribution in [2.75, 3.05) is 13.1 Å². The first-order valence-corrected chi connectivity index (χ1v) is 8.20. The zero-order valence-electron chi connectivity index (χ0n) is 13.7. The number of carbonyl (C=O) groups excluding carboxylic acids is 1. The number of nitrogens with one attached hydrogen (secondary N) is 1. The minimum atomic E-state index is -0.0358. The number of furan rings is 1. The molecule has 2 aromatic rings. The molecule has 126 valence electrons. The molecule has 0 radical (unpaired) electrons. The van der Waals surface area contributed by atoms with Gasteiger partial charge >= 0.3 is 0 Å². The van der Waals surface area contributed by atoms with Gasteiger partial charge in [-0.15, -0.1) is 12.4 Å². The van der Waals surface area contributed by atoms with E-state index in [1.165, 1.54) is 6.42 Å². The lowest BCUT2D eigenvalue weighted by Crippen LogP contribution is -2.37. The van der Waals surface area contributed by atoms with Crippen molar-refractivity contribution in [2.45, 2.75) is 45.2 Å². The molecule has 4 nitrogen and oxygen atoms in total. The quantitative estimate of drug-likeness (QED) is 0.900. The van der Waals surface area contributed by atoms with E-state index in [-0.39, 0.29) is 24.4 Å². The van der Waals surface area contributed by atoms with Gasteiger partial charge in [-0.05, 0) is 45.4 Å². The summed E-state index contributed by atoms with van der Waals surface area (Å²) < 4.78 is 5.92. The summed E-state index contributed by atoms with van der Waals surface area (Å²) in [7, 11) is 0. The number of carbonyl (C=O) groups is 1. The Morgan fingerprint density at radius 2 is 2.22 bits per heavy atom. The Morgan fingerprint density at radius 1 is 1.43 bits per heavy atom. The molecule has 1 amide bonds. The SMILES string of the molecule is CCN(C(=O)CC1CCCN1)C(C)c1cc2ccccc2o1.Cl. The monoisotopic (exact) mass is 336 g/mol. The lowest BCUT2D eigenvalue weighted by molar-refractivity contribution is -0.133. The van der Waals surface area contributed by atoms with E-state index in [1.54, 1.807) is 0 Å². The Hall–Kier alpha value is -1.52. The van der Waals surface area contributed by atoms with Crippen molar-refractivity contribution < 1.29 is 9.21 Å². The molecule has 1 aliphatic rings. The van der Waals surface area contributed by atoms with Crippen LogP contribution < -0.4 is 5.32 Å². The first-order valence-electron chi connectivity index (χ1n) is 8.20. The Balaban J connectivity index is 0.00000192. The number of halogens is 1. The molecule has 0 spiro atoms. The van der Waals surface area contributed by atoms with Crippen molar-refractivity contribution in [3.63, 3.8) is 0 Å². The fraction of sp³-hybridized carbons (Fsp3) is 0.500. The Kier molecular flexibility index (Phi) is 6.08. The molecule has 0 aliphatic carbocycles. The van der Waals surface area contributed by atoms with Crippen molar-refractivity contribution >= 4 is 29.3 Å². The van der Waals surface area contributed by atoms with Gasteiger partial charge in [0.2, 0.25) is 5.91 Å². The summed E-state index contributed by atoms with van der Waals surface area (Å²) in [6.07, 6.45) is 2.85.